The first-order chi connectivity index (χ1) is 33.5. The van der Waals surface area contributed by atoms with Gasteiger partial charge in [-0.3, -0.25) is 9.59 Å². The van der Waals surface area contributed by atoms with E-state index in [9.17, 15) is 19.8 Å². The summed E-state index contributed by atoms with van der Waals surface area (Å²) in [5.41, 5.74) is 0. The van der Waals surface area contributed by atoms with Crippen LogP contribution in [0.5, 0.6) is 0 Å². The van der Waals surface area contributed by atoms with E-state index in [1.807, 2.05) is 0 Å². The van der Waals surface area contributed by atoms with Crippen molar-refractivity contribution in [2.24, 2.45) is 0 Å². The number of carbonyl (C=O) groups is 2. The van der Waals surface area contributed by atoms with Crippen LogP contribution in [-0.2, 0) is 14.3 Å². The van der Waals surface area contributed by atoms with Crippen LogP contribution in [0.15, 0.2) is 12.2 Å². The van der Waals surface area contributed by atoms with E-state index in [-0.39, 0.29) is 18.5 Å². The maximum atomic E-state index is 12.5. The second-order valence-corrected chi connectivity index (χ2v) is 21.4. The molecule has 68 heavy (non-hydrogen) atoms. The number of nitrogens with one attached hydrogen (secondary N) is 1. The number of hydrogen-bond donors (Lipinski definition) is 3. The van der Waals surface area contributed by atoms with E-state index in [0.717, 1.165) is 44.9 Å². The lowest BCUT2D eigenvalue weighted by molar-refractivity contribution is -0.143. The van der Waals surface area contributed by atoms with Crippen molar-refractivity contribution >= 4 is 11.9 Å². The summed E-state index contributed by atoms with van der Waals surface area (Å²) in [6.07, 6.45) is 69.4. The van der Waals surface area contributed by atoms with Crippen LogP contribution in [-0.4, -0.2) is 47.4 Å². The number of aliphatic hydroxyl groups excluding tert-OH is 2. The SMILES string of the molecule is CCCCCC/C=C\CCCCCCCC(=O)OCCCCCCCCCCCCCCCCCCCCCCCCCCC(=O)NC(CO)C(O)CCCCCCCCCCCCCCCC. The molecule has 0 aromatic carbocycles. The molecule has 0 heterocycles. The third-order valence-electron chi connectivity index (χ3n) is 14.6. The standard InChI is InChI=1S/C62H121NO5/c1-3-5-7-9-11-13-15-17-31-34-38-42-46-50-54-60(65)59(58-64)63-61(66)55-51-47-43-39-35-32-28-26-24-22-20-18-19-21-23-25-27-29-33-37-41-45-49-53-57-68-62(67)56-52-48-44-40-36-30-16-14-12-10-8-6-4-2/h14,16,59-60,64-65H,3-13,15,17-58H2,1-2H3,(H,63,66)/b16-14-. The van der Waals surface area contributed by atoms with Crippen molar-refractivity contribution in [3.05, 3.63) is 12.2 Å². The first-order valence-corrected chi connectivity index (χ1v) is 30.9. The Bertz CT molecular complexity index is 1020. The molecule has 0 saturated heterocycles. The Balaban J connectivity index is 3.35. The van der Waals surface area contributed by atoms with Gasteiger partial charge < -0.3 is 20.3 Å². The van der Waals surface area contributed by atoms with E-state index in [1.54, 1.807) is 0 Å². The maximum absolute atomic E-state index is 12.5. The monoisotopic (exact) mass is 960 g/mol. The minimum Gasteiger partial charge on any atom is -0.466 e. The number of rotatable bonds is 58. The van der Waals surface area contributed by atoms with Crippen molar-refractivity contribution in [3.8, 4) is 0 Å². The normalized spacial score (nSPS) is 12.6. The summed E-state index contributed by atoms with van der Waals surface area (Å²) in [6.45, 7) is 4.96. The molecule has 0 radical (unpaired) electrons. The van der Waals surface area contributed by atoms with Gasteiger partial charge in [-0.15, -0.1) is 0 Å². The van der Waals surface area contributed by atoms with E-state index in [0.29, 0.717) is 25.9 Å². The van der Waals surface area contributed by atoms with Gasteiger partial charge in [0.25, 0.3) is 0 Å². The van der Waals surface area contributed by atoms with Crippen molar-refractivity contribution in [3.63, 3.8) is 0 Å². The van der Waals surface area contributed by atoms with E-state index in [1.165, 1.54) is 270 Å². The van der Waals surface area contributed by atoms with Gasteiger partial charge in [0, 0.05) is 12.8 Å². The molecular weight excluding hydrogens is 839 g/mol. The van der Waals surface area contributed by atoms with E-state index < -0.39 is 12.1 Å². The highest BCUT2D eigenvalue weighted by Gasteiger charge is 2.20. The summed E-state index contributed by atoms with van der Waals surface area (Å²) in [7, 11) is 0. The predicted octanol–water partition coefficient (Wildman–Crippen LogP) is 19.2. The second kappa shape index (κ2) is 58.2. The third-order valence-corrected chi connectivity index (χ3v) is 14.6. The van der Waals surface area contributed by atoms with Crippen LogP contribution in [0.4, 0.5) is 0 Å². The molecule has 0 aromatic rings. The zero-order chi connectivity index (χ0) is 49.3. The summed E-state index contributed by atoms with van der Waals surface area (Å²) in [6, 6.07) is -0.539. The number of aliphatic hydroxyl groups is 2. The average Bonchev–Trinajstić information content (AvgIpc) is 3.34. The fourth-order valence-electron chi connectivity index (χ4n) is 9.81. The van der Waals surface area contributed by atoms with Gasteiger partial charge in [0.05, 0.1) is 25.4 Å². The summed E-state index contributed by atoms with van der Waals surface area (Å²) < 4.78 is 5.47. The fraction of sp³-hybridized carbons (Fsp3) is 0.935. The van der Waals surface area contributed by atoms with E-state index in [2.05, 4.69) is 31.3 Å². The molecule has 0 bridgehead atoms. The number of allylic oxidation sites excluding steroid dienone is 2. The molecule has 3 N–H and O–H groups in total. The van der Waals surface area contributed by atoms with Crippen molar-refractivity contribution in [1.82, 2.24) is 5.32 Å². The Hall–Kier alpha value is -1.40. The van der Waals surface area contributed by atoms with Crippen LogP contribution in [0.2, 0.25) is 0 Å². The highest BCUT2D eigenvalue weighted by atomic mass is 16.5. The summed E-state index contributed by atoms with van der Waals surface area (Å²) in [4.78, 5) is 24.5. The first-order valence-electron chi connectivity index (χ1n) is 30.9. The lowest BCUT2D eigenvalue weighted by Gasteiger charge is -2.22. The molecule has 6 nitrogen and oxygen atoms in total. The molecule has 0 aliphatic heterocycles. The Kier molecular flexibility index (Phi) is 57.0. The quantitative estimate of drug-likeness (QED) is 0.0321. The van der Waals surface area contributed by atoms with Crippen LogP contribution in [0.25, 0.3) is 0 Å². The third kappa shape index (κ3) is 53.9. The van der Waals surface area contributed by atoms with Crippen LogP contribution in [0.1, 0.15) is 348 Å². The highest BCUT2D eigenvalue weighted by Crippen LogP contribution is 2.18. The number of esters is 1. The lowest BCUT2D eigenvalue weighted by atomic mass is 10.0. The zero-order valence-corrected chi connectivity index (χ0v) is 46.1. The van der Waals surface area contributed by atoms with Gasteiger partial charge in [0.15, 0.2) is 0 Å². The van der Waals surface area contributed by atoms with Crippen LogP contribution in [0.3, 0.4) is 0 Å². The van der Waals surface area contributed by atoms with Gasteiger partial charge in [-0.05, 0) is 51.4 Å². The number of ether oxygens (including phenoxy) is 1. The molecule has 0 aliphatic carbocycles. The molecule has 0 saturated carbocycles. The van der Waals surface area contributed by atoms with Crippen molar-refractivity contribution < 1.29 is 24.5 Å². The zero-order valence-electron chi connectivity index (χ0n) is 46.1. The van der Waals surface area contributed by atoms with E-state index in [4.69, 9.17) is 4.74 Å². The van der Waals surface area contributed by atoms with Crippen LogP contribution in [0, 0.1) is 0 Å². The number of unbranched alkanes of at least 4 members (excludes halogenated alkanes) is 45. The van der Waals surface area contributed by atoms with E-state index >= 15 is 0 Å². The minimum absolute atomic E-state index is 0.00674. The molecule has 2 unspecified atom stereocenters. The largest absolute Gasteiger partial charge is 0.466 e. The van der Waals surface area contributed by atoms with Crippen LogP contribution < -0.4 is 5.32 Å². The molecular formula is C62H121NO5. The Morgan fingerprint density at radius 3 is 1.06 bits per heavy atom. The molecule has 0 aromatic heterocycles. The molecule has 0 aliphatic rings. The van der Waals surface area contributed by atoms with Gasteiger partial charge in [-0.25, -0.2) is 0 Å². The second-order valence-electron chi connectivity index (χ2n) is 21.4. The van der Waals surface area contributed by atoms with Gasteiger partial charge in [-0.1, -0.05) is 296 Å². The highest BCUT2D eigenvalue weighted by molar-refractivity contribution is 5.76. The molecule has 404 valence electrons. The first kappa shape index (κ1) is 66.6. The fourth-order valence-corrected chi connectivity index (χ4v) is 9.81. The van der Waals surface area contributed by atoms with Crippen LogP contribution >= 0.6 is 0 Å². The molecule has 2 atom stereocenters. The summed E-state index contributed by atoms with van der Waals surface area (Å²) in [5, 5.41) is 23.3. The molecule has 1 amide bonds. The predicted molar refractivity (Wildman–Crippen MR) is 297 cm³/mol. The number of carbonyl (C=O) groups excluding carboxylic acids is 2. The average molecular weight is 961 g/mol. The van der Waals surface area contributed by atoms with Crippen molar-refractivity contribution in [2.45, 2.75) is 360 Å². The molecule has 0 fully saturated rings. The van der Waals surface area contributed by atoms with Gasteiger partial charge in [-0.2, -0.15) is 0 Å². The summed E-state index contributed by atoms with van der Waals surface area (Å²) in [5.74, 6) is -0.0250. The molecule has 0 spiro atoms. The van der Waals surface area contributed by atoms with Gasteiger partial charge >= 0.3 is 5.97 Å². The van der Waals surface area contributed by atoms with Gasteiger partial charge in [0.2, 0.25) is 5.91 Å². The summed E-state index contributed by atoms with van der Waals surface area (Å²) >= 11 is 0. The smallest absolute Gasteiger partial charge is 0.305 e. The Morgan fingerprint density at radius 2 is 0.691 bits per heavy atom. The Labute approximate surface area is 425 Å². The van der Waals surface area contributed by atoms with Gasteiger partial charge in [0.1, 0.15) is 0 Å². The number of amides is 1. The minimum atomic E-state index is -0.662. The lowest BCUT2D eigenvalue weighted by Crippen LogP contribution is -2.45. The topological polar surface area (TPSA) is 95.9 Å². The maximum Gasteiger partial charge on any atom is 0.305 e. The van der Waals surface area contributed by atoms with Crippen molar-refractivity contribution in [1.29, 1.82) is 0 Å². The van der Waals surface area contributed by atoms with Crippen molar-refractivity contribution in [2.75, 3.05) is 13.2 Å². The number of hydrogen-bond acceptors (Lipinski definition) is 5. The Morgan fingerprint density at radius 1 is 0.397 bits per heavy atom. The molecule has 6 heteroatoms. The molecule has 0 rings (SSSR count).